The van der Waals surface area contributed by atoms with Crippen LogP contribution in [0.25, 0.3) is 0 Å². The van der Waals surface area contributed by atoms with Crippen molar-refractivity contribution in [2.75, 3.05) is 13.1 Å². The second-order valence-electron chi connectivity index (χ2n) is 7.14. The zero-order valence-electron chi connectivity index (χ0n) is 15.8. The van der Waals surface area contributed by atoms with Crippen molar-refractivity contribution in [2.45, 2.75) is 90.4 Å². The maximum absolute atomic E-state index is 11.5. The number of hydrogen-bond donors (Lipinski definition) is 1. The molecule has 0 amide bonds. The van der Waals surface area contributed by atoms with Gasteiger partial charge in [0.25, 0.3) is 0 Å². The number of aliphatic imine (C=N–C) groups is 1. The molecule has 0 spiro atoms. The number of allylic oxidation sites excluding steroid dienone is 1. The largest absolute Gasteiger partial charge is 0.477 e. The molecule has 5 heteroatoms. The first-order chi connectivity index (χ1) is 12.2. The van der Waals surface area contributed by atoms with Crippen LogP contribution >= 0.6 is 11.8 Å². The third kappa shape index (κ3) is 6.69. The van der Waals surface area contributed by atoms with Crippen LogP contribution in [-0.4, -0.2) is 34.2 Å². The van der Waals surface area contributed by atoms with Crippen molar-refractivity contribution in [1.29, 1.82) is 0 Å². The third-order valence-electron chi connectivity index (χ3n) is 5.01. The lowest BCUT2D eigenvalue weighted by Gasteiger charge is -2.25. The molecule has 0 bridgehead atoms. The average molecular weight is 367 g/mol. The summed E-state index contributed by atoms with van der Waals surface area (Å²) in [5.74, 6) is -0.792. The van der Waals surface area contributed by atoms with Crippen LogP contribution in [-0.2, 0) is 4.79 Å². The molecular formula is C20H34N2O2S. The molecular weight excluding hydrogens is 332 g/mol. The molecule has 0 aromatic rings. The fourth-order valence-corrected chi connectivity index (χ4v) is 4.63. The summed E-state index contributed by atoms with van der Waals surface area (Å²) in [6.07, 6.45) is 16.4. The van der Waals surface area contributed by atoms with Gasteiger partial charge in [-0.15, -0.1) is 0 Å². The molecule has 1 N–H and O–H groups in total. The van der Waals surface area contributed by atoms with E-state index in [1.54, 1.807) is 0 Å². The Morgan fingerprint density at radius 2 is 1.64 bits per heavy atom. The number of unbranched alkanes of at least 4 members (excludes halogenated alkanes) is 10. The van der Waals surface area contributed by atoms with Crippen LogP contribution in [0.5, 0.6) is 0 Å². The molecule has 142 valence electrons. The first-order valence-electron chi connectivity index (χ1n) is 10.2. The Morgan fingerprint density at radius 3 is 2.24 bits per heavy atom. The topological polar surface area (TPSA) is 52.9 Å². The molecule has 2 aliphatic rings. The second kappa shape index (κ2) is 11.6. The summed E-state index contributed by atoms with van der Waals surface area (Å²) >= 11 is 1.35. The monoisotopic (exact) mass is 366 g/mol. The fourth-order valence-electron chi connectivity index (χ4n) is 3.57. The van der Waals surface area contributed by atoms with Crippen molar-refractivity contribution in [3.63, 3.8) is 0 Å². The molecule has 2 aliphatic heterocycles. The van der Waals surface area contributed by atoms with Crippen molar-refractivity contribution >= 4 is 22.9 Å². The van der Waals surface area contributed by atoms with E-state index in [2.05, 4.69) is 16.8 Å². The van der Waals surface area contributed by atoms with Crippen molar-refractivity contribution in [3.8, 4) is 0 Å². The van der Waals surface area contributed by atoms with Gasteiger partial charge in [0.1, 0.15) is 4.91 Å². The van der Waals surface area contributed by atoms with Gasteiger partial charge >= 0.3 is 5.97 Å². The molecule has 2 heterocycles. The van der Waals surface area contributed by atoms with Gasteiger partial charge in [0.2, 0.25) is 0 Å². The first kappa shape index (κ1) is 20.3. The van der Waals surface area contributed by atoms with E-state index < -0.39 is 5.97 Å². The van der Waals surface area contributed by atoms with Gasteiger partial charge in [-0.3, -0.25) is 4.99 Å². The minimum Gasteiger partial charge on any atom is -0.477 e. The van der Waals surface area contributed by atoms with Gasteiger partial charge in [0, 0.05) is 18.8 Å². The summed E-state index contributed by atoms with van der Waals surface area (Å²) in [6.45, 7) is 4.02. The Balaban J connectivity index is 1.59. The lowest BCUT2D eigenvalue weighted by molar-refractivity contribution is -0.131. The summed E-state index contributed by atoms with van der Waals surface area (Å²) < 4.78 is 0. The van der Waals surface area contributed by atoms with Crippen LogP contribution in [0, 0.1) is 0 Å². The van der Waals surface area contributed by atoms with Crippen molar-refractivity contribution in [2.24, 2.45) is 4.99 Å². The van der Waals surface area contributed by atoms with Gasteiger partial charge in [-0.05, 0) is 31.0 Å². The van der Waals surface area contributed by atoms with Crippen molar-refractivity contribution in [1.82, 2.24) is 4.90 Å². The Kier molecular flexibility index (Phi) is 9.45. The molecule has 0 atom stereocenters. The Bertz CT molecular complexity index is 488. The Labute approximate surface area is 157 Å². The van der Waals surface area contributed by atoms with E-state index in [0.717, 1.165) is 43.2 Å². The maximum atomic E-state index is 11.5. The van der Waals surface area contributed by atoms with Gasteiger partial charge in [0.05, 0.1) is 0 Å². The van der Waals surface area contributed by atoms with Gasteiger partial charge in [0.15, 0.2) is 5.17 Å². The summed E-state index contributed by atoms with van der Waals surface area (Å²) in [6, 6.07) is 0. The first-order valence-corrected chi connectivity index (χ1v) is 11.0. The predicted octanol–water partition coefficient (Wildman–Crippen LogP) is 5.79. The van der Waals surface area contributed by atoms with Gasteiger partial charge in [-0.2, -0.15) is 0 Å². The number of carbonyl (C=O) groups is 1. The molecule has 0 saturated carbocycles. The van der Waals surface area contributed by atoms with Crippen LogP contribution in [0.3, 0.4) is 0 Å². The molecule has 0 radical (unpaired) electrons. The van der Waals surface area contributed by atoms with Gasteiger partial charge < -0.3 is 10.0 Å². The maximum Gasteiger partial charge on any atom is 0.344 e. The minimum atomic E-state index is -0.792. The molecule has 0 saturated heterocycles. The SMILES string of the molecule is CCCCCCCCCCCCCC1=C(C(=O)O)SC2=NCCCN21. The number of nitrogens with zero attached hydrogens (tertiary/aromatic N) is 2. The number of carboxylic acid groups (broad SMARTS) is 1. The van der Waals surface area contributed by atoms with E-state index in [4.69, 9.17) is 0 Å². The summed E-state index contributed by atoms with van der Waals surface area (Å²) in [7, 11) is 0. The molecule has 0 aromatic carbocycles. The predicted molar refractivity (Wildman–Crippen MR) is 107 cm³/mol. The number of rotatable bonds is 13. The van der Waals surface area contributed by atoms with Crippen molar-refractivity contribution in [3.05, 3.63) is 10.6 Å². The van der Waals surface area contributed by atoms with Crippen LogP contribution in [0.1, 0.15) is 90.4 Å². The quantitative estimate of drug-likeness (QED) is 0.419. The second-order valence-corrected chi connectivity index (χ2v) is 8.12. The van der Waals surface area contributed by atoms with Crippen LogP contribution in [0.4, 0.5) is 0 Å². The molecule has 4 nitrogen and oxygen atoms in total. The number of thioether (sulfide) groups is 1. The number of aliphatic carboxylic acids is 1. The highest BCUT2D eigenvalue weighted by molar-refractivity contribution is 8.18. The minimum absolute atomic E-state index is 0.507. The Morgan fingerprint density at radius 1 is 1.04 bits per heavy atom. The zero-order chi connectivity index (χ0) is 17.9. The fraction of sp³-hybridized carbons (Fsp3) is 0.800. The van der Waals surface area contributed by atoms with E-state index in [-0.39, 0.29) is 0 Å². The Hall–Kier alpha value is -0.970. The van der Waals surface area contributed by atoms with Crippen molar-refractivity contribution < 1.29 is 9.90 Å². The summed E-state index contributed by atoms with van der Waals surface area (Å²) in [4.78, 5) is 18.6. The molecule has 0 fully saturated rings. The normalized spacial score (nSPS) is 17.0. The number of amidine groups is 1. The standard InChI is InChI=1S/C20H34N2O2S/c1-2-3-4-5-6-7-8-9-10-11-12-14-17-18(19(23)24)25-20-21-15-13-16-22(17)20/h2-16H2,1H3,(H,23,24). The molecule has 0 unspecified atom stereocenters. The highest BCUT2D eigenvalue weighted by atomic mass is 32.2. The lowest BCUT2D eigenvalue weighted by atomic mass is 10.0. The number of hydrogen-bond acceptors (Lipinski definition) is 4. The van der Waals surface area contributed by atoms with Gasteiger partial charge in [-0.25, -0.2) is 4.79 Å². The highest BCUT2D eigenvalue weighted by Gasteiger charge is 2.33. The van der Waals surface area contributed by atoms with E-state index in [1.807, 2.05) is 0 Å². The number of carboxylic acids is 1. The average Bonchev–Trinajstić information content (AvgIpc) is 2.99. The molecule has 2 rings (SSSR count). The van der Waals surface area contributed by atoms with Crippen LogP contribution in [0.2, 0.25) is 0 Å². The summed E-state index contributed by atoms with van der Waals surface area (Å²) in [5.41, 5.74) is 1.01. The summed E-state index contributed by atoms with van der Waals surface area (Å²) in [5, 5.41) is 10.4. The number of fused-ring (bicyclic) bond motifs is 1. The van der Waals surface area contributed by atoms with Gasteiger partial charge in [-0.1, -0.05) is 71.1 Å². The zero-order valence-corrected chi connectivity index (χ0v) is 16.6. The lowest BCUT2D eigenvalue weighted by Crippen LogP contribution is -2.29. The molecule has 0 aliphatic carbocycles. The van der Waals surface area contributed by atoms with Crippen LogP contribution < -0.4 is 0 Å². The highest BCUT2D eigenvalue weighted by Crippen LogP contribution is 2.38. The van der Waals surface area contributed by atoms with E-state index in [9.17, 15) is 9.90 Å². The van der Waals surface area contributed by atoms with Crippen LogP contribution in [0.15, 0.2) is 15.6 Å². The van der Waals surface area contributed by atoms with E-state index >= 15 is 0 Å². The molecule has 25 heavy (non-hydrogen) atoms. The smallest absolute Gasteiger partial charge is 0.344 e. The molecule has 0 aromatic heterocycles. The third-order valence-corrected chi connectivity index (χ3v) is 6.16. The van der Waals surface area contributed by atoms with E-state index in [1.165, 1.54) is 76.0 Å². The van der Waals surface area contributed by atoms with E-state index in [0.29, 0.717) is 4.91 Å².